The van der Waals surface area contributed by atoms with Crippen LogP contribution in [0.15, 0.2) is 0 Å². The molecule has 0 aromatic carbocycles. The molecule has 0 N–H and O–H groups in total. The standard InChI is InChI=1S/C8H16N2OS2/c1-9(2)7-8(11)10-3-5-12-13-6-4-10/h3-7H2,1-2H3. The van der Waals surface area contributed by atoms with Crippen LogP contribution in [0, 0.1) is 0 Å². The van der Waals surface area contributed by atoms with Crippen LogP contribution in [0.1, 0.15) is 0 Å². The van der Waals surface area contributed by atoms with Crippen molar-refractivity contribution < 1.29 is 4.79 Å². The number of amides is 1. The van der Waals surface area contributed by atoms with Gasteiger partial charge in [0.15, 0.2) is 0 Å². The second kappa shape index (κ2) is 5.78. The van der Waals surface area contributed by atoms with E-state index < -0.39 is 0 Å². The molecule has 0 spiro atoms. The first-order valence-corrected chi connectivity index (χ1v) is 6.86. The van der Waals surface area contributed by atoms with Crippen molar-refractivity contribution in [3.8, 4) is 0 Å². The lowest BCUT2D eigenvalue weighted by molar-refractivity contribution is -0.131. The Labute approximate surface area is 87.6 Å². The van der Waals surface area contributed by atoms with E-state index in [0.717, 1.165) is 24.6 Å². The van der Waals surface area contributed by atoms with E-state index in [1.807, 2.05) is 45.5 Å². The van der Waals surface area contributed by atoms with Crippen LogP contribution in [0.5, 0.6) is 0 Å². The first kappa shape index (κ1) is 11.2. The Morgan fingerprint density at radius 3 is 2.31 bits per heavy atom. The minimum atomic E-state index is 0.258. The van der Waals surface area contributed by atoms with Crippen LogP contribution < -0.4 is 0 Å². The van der Waals surface area contributed by atoms with E-state index in [1.165, 1.54) is 0 Å². The van der Waals surface area contributed by atoms with Gasteiger partial charge >= 0.3 is 0 Å². The van der Waals surface area contributed by atoms with Gasteiger partial charge in [-0.25, -0.2) is 0 Å². The lowest BCUT2D eigenvalue weighted by atomic mass is 10.4. The number of carbonyl (C=O) groups excluding carboxylic acids is 1. The highest BCUT2D eigenvalue weighted by molar-refractivity contribution is 8.76. The fourth-order valence-electron chi connectivity index (χ4n) is 1.14. The Morgan fingerprint density at radius 2 is 1.85 bits per heavy atom. The molecule has 1 saturated heterocycles. The second-order valence-corrected chi connectivity index (χ2v) is 5.96. The third-order valence-electron chi connectivity index (χ3n) is 1.78. The highest BCUT2D eigenvalue weighted by Gasteiger charge is 2.15. The summed E-state index contributed by atoms with van der Waals surface area (Å²) in [5, 5.41) is 0. The lowest BCUT2D eigenvalue weighted by Gasteiger charge is -2.21. The molecule has 1 rings (SSSR count). The molecule has 5 heteroatoms. The number of likely N-dealkylation sites (N-methyl/N-ethyl adjacent to an activating group) is 1. The van der Waals surface area contributed by atoms with Crippen LogP contribution >= 0.6 is 21.6 Å². The first-order chi connectivity index (χ1) is 6.20. The van der Waals surface area contributed by atoms with Crippen LogP contribution in [0.25, 0.3) is 0 Å². The Bertz CT molecular complexity index is 168. The number of carbonyl (C=O) groups is 1. The van der Waals surface area contributed by atoms with E-state index in [2.05, 4.69) is 0 Å². The van der Waals surface area contributed by atoms with Gasteiger partial charge < -0.3 is 9.80 Å². The minimum absolute atomic E-state index is 0.258. The van der Waals surface area contributed by atoms with E-state index in [-0.39, 0.29) is 5.91 Å². The van der Waals surface area contributed by atoms with Gasteiger partial charge in [-0.05, 0) is 14.1 Å². The summed E-state index contributed by atoms with van der Waals surface area (Å²) in [5.74, 6) is 2.38. The molecule has 76 valence electrons. The molecule has 13 heavy (non-hydrogen) atoms. The van der Waals surface area contributed by atoms with Crippen molar-refractivity contribution in [3.05, 3.63) is 0 Å². The highest BCUT2D eigenvalue weighted by Crippen LogP contribution is 2.23. The molecule has 0 radical (unpaired) electrons. The molecule has 0 aromatic heterocycles. The normalized spacial score (nSPS) is 18.8. The third kappa shape index (κ3) is 4.24. The monoisotopic (exact) mass is 220 g/mol. The predicted molar refractivity (Wildman–Crippen MR) is 60.1 cm³/mol. The summed E-state index contributed by atoms with van der Waals surface area (Å²) in [5.41, 5.74) is 0. The average Bonchev–Trinajstić information content (AvgIpc) is 2.29. The molecule has 1 heterocycles. The second-order valence-electron chi connectivity index (χ2n) is 3.26. The highest BCUT2D eigenvalue weighted by atomic mass is 33.1. The summed E-state index contributed by atoms with van der Waals surface area (Å²) in [7, 11) is 7.59. The summed E-state index contributed by atoms with van der Waals surface area (Å²) >= 11 is 0. The Hall–Kier alpha value is 0.130. The summed E-state index contributed by atoms with van der Waals surface area (Å²) < 4.78 is 0. The fraction of sp³-hybridized carbons (Fsp3) is 0.875. The van der Waals surface area contributed by atoms with E-state index in [9.17, 15) is 4.79 Å². The molecule has 0 atom stereocenters. The quantitative estimate of drug-likeness (QED) is 0.641. The molecule has 0 unspecified atom stereocenters. The van der Waals surface area contributed by atoms with Crippen LogP contribution in [-0.4, -0.2) is 60.9 Å². The van der Waals surface area contributed by atoms with Crippen molar-refractivity contribution in [2.75, 3.05) is 45.2 Å². The maximum atomic E-state index is 11.6. The summed E-state index contributed by atoms with van der Waals surface area (Å²) in [6.45, 7) is 2.35. The van der Waals surface area contributed by atoms with E-state index in [1.54, 1.807) is 0 Å². The number of hydrogen-bond donors (Lipinski definition) is 0. The molecule has 1 aliphatic rings. The average molecular weight is 220 g/mol. The van der Waals surface area contributed by atoms with E-state index >= 15 is 0 Å². The zero-order valence-corrected chi connectivity index (χ0v) is 9.79. The van der Waals surface area contributed by atoms with E-state index in [0.29, 0.717) is 6.54 Å². The van der Waals surface area contributed by atoms with Gasteiger partial charge in [0.1, 0.15) is 0 Å². The first-order valence-electron chi connectivity index (χ1n) is 4.37. The largest absolute Gasteiger partial charge is 0.340 e. The number of nitrogens with zero attached hydrogens (tertiary/aromatic N) is 2. The molecule has 1 aliphatic heterocycles. The van der Waals surface area contributed by atoms with Crippen molar-refractivity contribution in [2.24, 2.45) is 0 Å². The molecule has 3 nitrogen and oxygen atoms in total. The molecule has 0 saturated carbocycles. The predicted octanol–water partition coefficient (Wildman–Crippen LogP) is 0.772. The van der Waals surface area contributed by atoms with Gasteiger partial charge in [-0.15, -0.1) is 0 Å². The molecule has 1 fully saturated rings. The topological polar surface area (TPSA) is 23.6 Å². The third-order valence-corrected chi connectivity index (χ3v) is 4.14. The van der Waals surface area contributed by atoms with Gasteiger partial charge in [-0.2, -0.15) is 0 Å². The Morgan fingerprint density at radius 1 is 1.31 bits per heavy atom. The maximum Gasteiger partial charge on any atom is 0.236 e. The molecular weight excluding hydrogens is 204 g/mol. The van der Waals surface area contributed by atoms with Gasteiger partial charge in [-0.1, -0.05) is 21.6 Å². The van der Waals surface area contributed by atoms with Gasteiger partial charge in [0.05, 0.1) is 6.54 Å². The van der Waals surface area contributed by atoms with Gasteiger partial charge in [0, 0.05) is 24.6 Å². The molecule has 0 bridgehead atoms. The van der Waals surface area contributed by atoms with Crippen molar-refractivity contribution in [3.63, 3.8) is 0 Å². The van der Waals surface area contributed by atoms with Crippen molar-refractivity contribution >= 4 is 27.5 Å². The van der Waals surface area contributed by atoms with Crippen molar-refractivity contribution in [1.82, 2.24) is 9.80 Å². The van der Waals surface area contributed by atoms with E-state index in [4.69, 9.17) is 0 Å². The van der Waals surface area contributed by atoms with Gasteiger partial charge in [0.2, 0.25) is 5.91 Å². The summed E-state index contributed by atoms with van der Waals surface area (Å²) in [4.78, 5) is 15.5. The number of rotatable bonds is 2. The summed E-state index contributed by atoms with van der Waals surface area (Å²) in [6, 6.07) is 0. The molecular formula is C8H16N2OS2. The maximum absolute atomic E-state index is 11.6. The van der Waals surface area contributed by atoms with Crippen molar-refractivity contribution in [2.45, 2.75) is 0 Å². The smallest absolute Gasteiger partial charge is 0.236 e. The van der Waals surface area contributed by atoms with Crippen LogP contribution in [-0.2, 0) is 4.79 Å². The number of hydrogen-bond acceptors (Lipinski definition) is 4. The Kier molecular flexibility index (Phi) is 4.98. The summed E-state index contributed by atoms with van der Waals surface area (Å²) in [6.07, 6.45) is 0. The van der Waals surface area contributed by atoms with Crippen LogP contribution in [0.4, 0.5) is 0 Å². The van der Waals surface area contributed by atoms with Crippen LogP contribution in [0.3, 0.4) is 0 Å². The zero-order valence-electron chi connectivity index (χ0n) is 8.15. The molecule has 0 aromatic rings. The fourth-order valence-corrected chi connectivity index (χ4v) is 3.12. The lowest BCUT2D eigenvalue weighted by Crippen LogP contribution is -2.39. The molecule has 0 aliphatic carbocycles. The van der Waals surface area contributed by atoms with Gasteiger partial charge in [0.25, 0.3) is 0 Å². The zero-order chi connectivity index (χ0) is 9.68. The van der Waals surface area contributed by atoms with Gasteiger partial charge in [-0.3, -0.25) is 4.79 Å². The minimum Gasteiger partial charge on any atom is -0.340 e. The Balaban J connectivity index is 2.35. The van der Waals surface area contributed by atoms with Crippen LogP contribution in [0.2, 0.25) is 0 Å². The SMILES string of the molecule is CN(C)CC(=O)N1CCSSCC1. The van der Waals surface area contributed by atoms with Crippen molar-refractivity contribution in [1.29, 1.82) is 0 Å². The molecule has 1 amide bonds.